The van der Waals surface area contributed by atoms with Gasteiger partial charge in [-0.2, -0.15) is 0 Å². The average Bonchev–Trinajstić information content (AvgIpc) is 3.43. The first kappa shape index (κ1) is 20.7. The van der Waals surface area contributed by atoms with Gasteiger partial charge in [-0.05, 0) is 61.4 Å². The molecule has 3 heteroatoms. The van der Waals surface area contributed by atoms with Crippen molar-refractivity contribution in [1.29, 1.82) is 0 Å². The molecule has 26 heavy (non-hydrogen) atoms. The number of allylic oxidation sites excluding steroid dienone is 2. The number of ether oxygens (including phenoxy) is 1. The van der Waals surface area contributed by atoms with Crippen LogP contribution in [0.3, 0.4) is 0 Å². The standard InChI is InChI=1S/C23H34O3/c1-2-3-4-5-6-7-13-21(25)16-15-19-11-10-12-20(18-19)23-22(26-23)14-8-9-17-24/h10-13,15-16,18,22-25H,2-9,14,17H2,1H3/b16-15+,21-13-. The summed E-state index contributed by atoms with van der Waals surface area (Å²) in [4.78, 5) is 0. The number of benzene rings is 1. The second kappa shape index (κ2) is 11.9. The normalized spacial score (nSPS) is 20.0. The van der Waals surface area contributed by atoms with Crippen LogP contribution >= 0.6 is 0 Å². The van der Waals surface area contributed by atoms with Gasteiger partial charge < -0.3 is 14.9 Å². The molecule has 1 aromatic carbocycles. The van der Waals surface area contributed by atoms with Crippen molar-refractivity contribution in [2.45, 2.75) is 76.9 Å². The summed E-state index contributed by atoms with van der Waals surface area (Å²) in [6, 6.07) is 8.31. The van der Waals surface area contributed by atoms with Crippen molar-refractivity contribution in [3.05, 3.63) is 53.3 Å². The molecule has 2 atom stereocenters. The second-order valence-electron chi connectivity index (χ2n) is 7.15. The Balaban J connectivity index is 1.76. The summed E-state index contributed by atoms with van der Waals surface area (Å²) in [6.45, 7) is 2.48. The molecular weight excluding hydrogens is 324 g/mol. The van der Waals surface area contributed by atoms with Crippen molar-refractivity contribution in [2.24, 2.45) is 0 Å². The molecule has 0 amide bonds. The lowest BCUT2D eigenvalue weighted by Crippen LogP contribution is -1.91. The van der Waals surface area contributed by atoms with Gasteiger partial charge in [0.2, 0.25) is 0 Å². The van der Waals surface area contributed by atoms with E-state index < -0.39 is 0 Å². The topological polar surface area (TPSA) is 53.0 Å². The van der Waals surface area contributed by atoms with E-state index in [0.717, 1.165) is 37.7 Å². The van der Waals surface area contributed by atoms with E-state index in [-0.39, 0.29) is 12.7 Å². The molecule has 0 aliphatic carbocycles. The Labute approximate surface area is 158 Å². The lowest BCUT2D eigenvalue weighted by atomic mass is 10.0. The molecule has 2 N–H and O–H groups in total. The van der Waals surface area contributed by atoms with Gasteiger partial charge in [-0.1, -0.05) is 56.9 Å². The van der Waals surface area contributed by atoms with Gasteiger partial charge in [-0.3, -0.25) is 0 Å². The second-order valence-corrected chi connectivity index (χ2v) is 7.15. The van der Waals surface area contributed by atoms with Crippen LogP contribution in [0.15, 0.2) is 42.2 Å². The Morgan fingerprint density at radius 2 is 1.96 bits per heavy atom. The van der Waals surface area contributed by atoms with Crippen molar-refractivity contribution < 1.29 is 14.9 Å². The summed E-state index contributed by atoms with van der Waals surface area (Å²) in [7, 11) is 0. The Hall–Kier alpha value is -1.58. The van der Waals surface area contributed by atoms with Crippen molar-refractivity contribution in [2.75, 3.05) is 6.61 Å². The van der Waals surface area contributed by atoms with Crippen LogP contribution in [0.2, 0.25) is 0 Å². The van der Waals surface area contributed by atoms with E-state index in [2.05, 4.69) is 19.1 Å². The lowest BCUT2D eigenvalue weighted by molar-refractivity contribution is 0.278. The highest BCUT2D eigenvalue weighted by Gasteiger charge is 2.39. The average molecular weight is 359 g/mol. The number of aliphatic hydroxyl groups excluding tert-OH is 2. The summed E-state index contributed by atoms with van der Waals surface area (Å²) < 4.78 is 5.76. The molecule has 0 bridgehead atoms. The van der Waals surface area contributed by atoms with Crippen molar-refractivity contribution in [3.8, 4) is 0 Å². The molecule has 1 aliphatic rings. The van der Waals surface area contributed by atoms with Gasteiger partial charge in [-0.25, -0.2) is 0 Å². The predicted octanol–water partition coefficient (Wildman–Crippen LogP) is 6.10. The highest BCUT2D eigenvalue weighted by atomic mass is 16.6. The monoisotopic (exact) mass is 358 g/mol. The van der Waals surface area contributed by atoms with Crippen LogP contribution in [-0.2, 0) is 4.74 Å². The van der Waals surface area contributed by atoms with Crippen LogP contribution in [0.4, 0.5) is 0 Å². The van der Waals surface area contributed by atoms with Gasteiger partial charge in [0.05, 0.1) is 6.10 Å². The third-order valence-corrected chi connectivity index (χ3v) is 4.83. The molecule has 3 nitrogen and oxygen atoms in total. The minimum atomic E-state index is 0.189. The molecule has 2 unspecified atom stereocenters. The Bertz CT molecular complexity index is 577. The molecule has 1 aliphatic heterocycles. The van der Waals surface area contributed by atoms with E-state index in [9.17, 15) is 5.11 Å². The SMILES string of the molecule is CCCCCCC/C=C(O)/C=C/c1cccc(C2OC2CCCCO)c1. The molecule has 1 fully saturated rings. The fourth-order valence-corrected chi connectivity index (χ4v) is 3.20. The van der Waals surface area contributed by atoms with Crippen LogP contribution < -0.4 is 0 Å². The highest BCUT2D eigenvalue weighted by Crippen LogP contribution is 2.41. The summed E-state index contributed by atoms with van der Waals surface area (Å²) >= 11 is 0. The van der Waals surface area contributed by atoms with Crippen molar-refractivity contribution >= 4 is 6.08 Å². The Morgan fingerprint density at radius 3 is 2.77 bits per heavy atom. The summed E-state index contributed by atoms with van der Waals surface area (Å²) in [5, 5.41) is 18.8. The third-order valence-electron chi connectivity index (χ3n) is 4.83. The molecule has 144 valence electrons. The van der Waals surface area contributed by atoms with Crippen LogP contribution in [0.1, 0.15) is 81.9 Å². The van der Waals surface area contributed by atoms with E-state index in [1.165, 1.54) is 31.2 Å². The lowest BCUT2D eigenvalue weighted by Gasteiger charge is -2.00. The minimum absolute atomic E-state index is 0.189. The van der Waals surface area contributed by atoms with E-state index in [4.69, 9.17) is 9.84 Å². The number of unbranched alkanes of at least 4 members (excludes halogenated alkanes) is 6. The third kappa shape index (κ3) is 7.76. The highest BCUT2D eigenvalue weighted by molar-refractivity contribution is 5.53. The smallest absolute Gasteiger partial charge is 0.111 e. The minimum Gasteiger partial charge on any atom is -0.508 e. The molecule has 1 aromatic rings. The summed E-state index contributed by atoms with van der Waals surface area (Å²) in [5.74, 6) is 0.343. The number of hydrogen-bond acceptors (Lipinski definition) is 3. The Morgan fingerprint density at radius 1 is 1.12 bits per heavy atom. The van der Waals surface area contributed by atoms with Gasteiger partial charge in [0.25, 0.3) is 0 Å². The Kier molecular flexibility index (Phi) is 9.51. The molecule has 0 radical (unpaired) electrons. The van der Waals surface area contributed by atoms with E-state index >= 15 is 0 Å². The zero-order chi connectivity index (χ0) is 18.6. The molecule has 2 rings (SSSR count). The first-order valence-corrected chi connectivity index (χ1v) is 10.2. The number of rotatable bonds is 13. The maximum absolute atomic E-state index is 10.00. The van der Waals surface area contributed by atoms with E-state index in [0.29, 0.717) is 11.9 Å². The first-order chi connectivity index (χ1) is 12.7. The quantitative estimate of drug-likeness (QED) is 0.194. The van der Waals surface area contributed by atoms with Gasteiger partial charge in [-0.15, -0.1) is 0 Å². The van der Waals surface area contributed by atoms with Gasteiger partial charge in [0.15, 0.2) is 0 Å². The van der Waals surface area contributed by atoms with E-state index in [1.807, 2.05) is 24.3 Å². The van der Waals surface area contributed by atoms with Gasteiger partial charge in [0, 0.05) is 6.61 Å². The van der Waals surface area contributed by atoms with Crippen LogP contribution in [0.5, 0.6) is 0 Å². The molecule has 0 saturated carbocycles. The zero-order valence-corrected chi connectivity index (χ0v) is 16.1. The molecular formula is C23H34O3. The molecule has 1 saturated heterocycles. The van der Waals surface area contributed by atoms with Crippen molar-refractivity contribution in [1.82, 2.24) is 0 Å². The van der Waals surface area contributed by atoms with Crippen LogP contribution in [-0.4, -0.2) is 22.9 Å². The van der Waals surface area contributed by atoms with Gasteiger partial charge in [0.1, 0.15) is 11.9 Å². The fraction of sp³-hybridized carbons (Fsp3) is 0.565. The summed E-state index contributed by atoms with van der Waals surface area (Å²) in [6.07, 6.45) is 16.2. The number of epoxide rings is 1. The fourth-order valence-electron chi connectivity index (χ4n) is 3.20. The maximum Gasteiger partial charge on any atom is 0.111 e. The van der Waals surface area contributed by atoms with Crippen LogP contribution in [0, 0.1) is 0 Å². The molecule has 0 aromatic heterocycles. The molecule has 1 heterocycles. The zero-order valence-electron chi connectivity index (χ0n) is 16.1. The number of hydrogen-bond donors (Lipinski definition) is 2. The first-order valence-electron chi connectivity index (χ1n) is 10.2. The summed E-state index contributed by atoms with van der Waals surface area (Å²) in [5.41, 5.74) is 2.27. The van der Waals surface area contributed by atoms with E-state index in [1.54, 1.807) is 6.08 Å². The van der Waals surface area contributed by atoms with Gasteiger partial charge >= 0.3 is 0 Å². The predicted molar refractivity (Wildman–Crippen MR) is 108 cm³/mol. The largest absolute Gasteiger partial charge is 0.508 e. The number of aliphatic hydroxyl groups is 2. The molecule has 0 spiro atoms. The maximum atomic E-state index is 10.00. The van der Waals surface area contributed by atoms with Crippen molar-refractivity contribution in [3.63, 3.8) is 0 Å². The van der Waals surface area contributed by atoms with Crippen LogP contribution in [0.25, 0.3) is 6.08 Å².